The van der Waals surface area contributed by atoms with E-state index in [2.05, 4.69) is 20.2 Å². The first-order chi connectivity index (χ1) is 6.68. The highest BCUT2D eigenvalue weighted by molar-refractivity contribution is 5.87. The highest BCUT2D eigenvalue weighted by atomic mass is 16.5. The molecule has 0 bridgehead atoms. The number of nitrogens with two attached hydrogens (primary N) is 1. The summed E-state index contributed by atoms with van der Waals surface area (Å²) in [6.45, 7) is 3.83. The molecule has 0 aliphatic carbocycles. The Kier molecular flexibility index (Phi) is 1.95. The van der Waals surface area contributed by atoms with Crippen LogP contribution in [0.1, 0.15) is 13.8 Å². The minimum atomic E-state index is 0.0411. The van der Waals surface area contributed by atoms with Crippen LogP contribution < -0.4 is 10.5 Å². The third-order valence-corrected chi connectivity index (χ3v) is 1.69. The molecule has 74 valence electrons. The van der Waals surface area contributed by atoms with Crippen LogP contribution in [0.4, 0.5) is 5.82 Å². The number of ether oxygens (including phenoxy) is 1. The summed E-state index contributed by atoms with van der Waals surface area (Å²) < 4.78 is 5.44. The van der Waals surface area contributed by atoms with Gasteiger partial charge in [-0.2, -0.15) is 0 Å². The molecule has 2 aromatic rings. The number of imidazole rings is 1. The molecule has 0 fully saturated rings. The average Bonchev–Trinajstić information content (AvgIpc) is 2.58. The molecule has 0 aliphatic heterocycles. The zero-order valence-electron chi connectivity index (χ0n) is 7.98. The first-order valence-electron chi connectivity index (χ1n) is 4.30. The number of rotatable bonds is 2. The number of nitrogens with one attached hydrogen (secondary N) is 1. The molecule has 0 saturated carbocycles. The summed E-state index contributed by atoms with van der Waals surface area (Å²) >= 11 is 0. The summed E-state index contributed by atoms with van der Waals surface area (Å²) in [6.07, 6.45) is 1.58. The Morgan fingerprint density at radius 1 is 1.43 bits per heavy atom. The number of fused-ring (bicyclic) bond motifs is 1. The van der Waals surface area contributed by atoms with Crippen molar-refractivity contribution in [2.24, 2.45) is 0 Å². The van der Waals surface area contributed by atoms with Crippen molar-refractivity contribution in [2.45, 2.75) is 20.0 Å². The zero-order chi connectivity index (χ0) is 10.1. The predicted octanol–water partition coefficient (Wildman–Crippen LogP) is 0.722. The molecule has 0 aromatic carbocycles. The van der Waals surface area contributed by atoms with Gasteiger partial charge in [0.05, 0.1) is 12.4 Å². The van der Waals surface area contributed by atoms with E-state index in [1.165, 1.54) is 6.33 Å². The van der Waals surface area contributed by atoms with Gasteiger partial charge in [0.1, 0.15) is 11.0 Å². The lowest BCUT2D eigenvalue weighted by Crippen LogP contribution is -2.08. The molecule has 2 heterocycles. The molecule has 0 unspecified atom stereocenters. The van der Waals surface area contributed by atoms with Gasteiger partial charge in [0.15, 0.2) is 5.82 Å². The van der Waals surface area contributed by atoms with E-state index >= 15 is 0 Å². The Labute approximate surface area is 80.5 Å². The molecule has 2 aromatic heterocycles. The van der Waals surface area contributed by atoms with Gasteiger partial charge in [0, 0.05) is 0 Å². The van der Waals surface area contributed by atoms with Crippen molar-refractivity contribution in [1.29, 1.82) is 0 Å². The second kappa shape index (κ2) is 3.13. The molecule has 0 saturated heterocycles. The molecule has 0 spiro atoms. The topological polar surface area (TPSA) is 89.7 Å². The van der Waals surface area contributed by atoms with E-state index in [1.54, 1.807) is 0 Å². The van der Waals surface area contributed by atoms with Crippen LogP contribution in [0, 0.1) is 0 Å². The Morgan fingerprint density at radius 2 is 2.21 bits per heavy atom. The smallest absolute Gasteiger partial charge is 0.260 e. The van der Waals surface area contributed by atoms with Crippen molar-refractivity contribution < 1.29 is 4.74 Å². The second-order valence-corrected chi connectivity index (χ2v) is 3.18. The molecule has 6 heteroatoms. The first kappa shape index (κ1) is 8.74. The monoisotopic (exact) mass is 193 g/mol. The van der Waals surface area contributed by atoms with Crippen LogP contribution in [0.3, 0.4) is 0 Å². The number of hydrogen-bond donors (Lipinski definition) is 2. The summed E-state index contributed by atoms with van der Waals surface area (Å²) in [4.78, 5) is 6.94. The van der Waals surface area contributed by atoms with Gasteiger partial charge in [-0.1, -0.05) is 0 Å². The molecule has 0 aliphatic rings. The summed E-state index contributed by atoms with van der Waals surface area (Å²) in [6, 6.07) is 0. The summed E-state index contributed by atoms with van der Waals surface area (Å²) in [5, 5.41) is 7.60. The van der Waals surface area contributed by atoms with Crippen LogP contribution in [0.25, 0.3) is 11.0 Å². The van der Waals surface area contributed by atoms with Crippen molar-refractivity contribution >= 4 is 16.9 Å². The summed E-state index contributed by atoms with van der Waals surface area (Å²) in [5.41, 5.74) is 6.87. The summed E-state index contributed by atoms with van der Waals surface area (Å²) in [5.74, 6) is 0.735. The average molecular weight is 193 g/mol. The van der Waals surface area contributed by atoms with Gasteiger partial charge < -0.3 is 15.5 Å². The van der Waals surface area contributed by atoms with Crippen LogP contribution in [0.2, 0.25) is 0 Å². The van der Waals surface area contributed by atoms with Crippen molar-refractivity contribution in [3.8, 4) is 5.88 Å². The van der Waals surface area contributed by atoms with Gasteiger partial charge >= 0.3 is 0 Å². The molecular weight excluding hydrogens is 182 g/mol. The van der Waals surface area contributed by atoms with Crippen LogP contribution >= 0.6 is 0 Å². The Bertz CT molecular complexity index is 450. The molecule has 6 nitrogen and oxygen atoms in total. The maximum Gasteiger partial charge on any atom is 0.260 e. The summed E-state index contributed by atoms with van der Waals surface area (Å²) in [7, 11) is 0. The Morgan fingerprint density at radius 3 is 2.93 bits per heavy atom. The fraction of sp³-hybridized carbons (Fsp3) is 0.375. The second-order valence-electron chi connectivity index (χ2n) is 3.18. The van der Waals surface area contributed by atoms with Crippen molar-refractivity contribution in [2.75, 3.05) is 5.73 Å². The first-order valence-corrected chi connectivity index (χ1v) is 4.30. The molecule has 14 heavy (non-hydrogen) atoms. The van der Waals surface area contributed by atoms with Crippen LogP contribution in [-0.2, 0) is 0 Å². The highest BCUT2D eigenvalue weighted by Crippen LogP contribution is 2.22. The maximum atomic E-state index is 5.59. The third-order valence-electron chi connectivity index (χ3n) is 1.69. The largest absolute Gasteiger partial charge is 0.472 e. The number of aromatic amines is 1. The van der Waals surface area contributed by atoms with Crippen LogP contribution in [0.5, 0.6) is 5.88 Å². The molecule has 2 rings (SSSR count). The van der Waals surface area contributed by atoms with E-state index in [1.807, 2.05) is 13.8 Å². The number of nitrogen functional groups attached to an aromatic ring is 1. The SMILES string of the molecule is CC(C)Oc1nnc(N)c2nc[nH]c12. The van der Waals surface area contributed by atoms with Gasteiger partial charge in [0.25, 0.3) is 5.88 Å². The number of H-pyrrole nitrogens is 1. The molecule has 0 radical (unpaired) electrons. The lowest BCUT2D eigenvalue weighted by Gasteiger charge is -2.08. The van der Waals surface area contributed by atoms with Gasteiger partial charge in [0.2, 0.25) is 0 Å². The van der Waals surface area contributed by atoms with Gasteiger partial charge in [-0.25, -0.2) is 4.98 Å². The van der Waals surface area contributed by atoms with Crippen LogP contribution in [-0.4, -0.2) is 26.3 Å². The Balaban J connectivity index is 2.55. The molecule has 3 N–H and O–H groups in total. The van der Waals surface area contributed by atoms with E-state index in [4.69, 9.17) is 10.5 Å². The fourth-order valence-corrected chi connectivity index (χ4v) is 1.15. The van der Waals surface area contributed by atoms with E-state index in [-0.39, 0.29) is 6.10 Å². The van der Waals surface area contributed by atoms with E-state index < -0.39 is 0 Å². The number of aromatic nitrogens is 4. The number of nitrogens with zero attached hydrogens (tertiary/aromatic N) is 3. The van der Waals surface area contributed by atoms with Crippen molar-refractivity contribution in [3.63, 3.8) is 0 Å². The van der Waals surface area contributed by atoms with E-state index in [0.29, 0.717) is 22.7 Å². The molecule has 0 amide bonds. The normalized spacial score (nSPS) is 11.1. The lowest BCUT2D eigenvalue weighted by molar-refractivity contribution is 0.233. The van der Waals surface area contributed by atoms with Gasteiger partial charge in [-0.3, -0.25) is 0 Å². The molecular formula is C8H11N5O. The lowest BCUT2D eigenvalue weighted by atomic mass is 10.4. The minimum Gasteiger partial charge on any atom is -0.472 e. The highest BCUT2D eigenvalue weighted by Gasteiger charge is 2.11. The van der Waals surface area contributed by atoms with Gasteiger partial charge in [-0.05, 0) is 13.8 Å². The van der Waals surface area contributed by atoms with Crippen LogP contribution in [0.15, 0.2) is 6.33 Å². The van der Waals surface area contributed by atoms with Gasteiger partial charge in [-0.15, -0.1) is 10.2 Å². The fourth-order valence-electron chi connectivity index (χ4n) is 1.15. The number of anilines is 1. The van der Waals surface area contributed by atoms with E-state index in [9.17, 15) is 0 Å². The molecule has 0 atom stereocenters. The third kappa shape index (κ3) is 1.34. The van der Waals surface area contributed by atoms with Crippen molar-refractivity contribution in [1.82, 2.24) is 20.2 Å². The number of hydrogen-bond acceptors (Lipinski definition) is 5. The Hall–Kier alpha value is -1.85. The van der Waals surface area contributed by atoms with Crippen molar-refractivity contribution in [3.05, 3.63) is 6.33 Å². The minimum absolute atomic E-state index is 0.0411. The zero-order valence-corrected chi connectivity index (χ0v) is 7.98. The maximum absolute atomic E-state index is 5.59. The quantitative estimate of drug-likeness (QED) is 0.733. The predicted molar refractivity (Wildman–Crippen MR) is 51.9 cm³/mol. The van der Waals surface area contributed by atoms with E-state index in [0.717, 1.165) is 0 Å². The standard InChI is InChI=1S/C8H11N5O/c1-4(2)14-8-6-5(10-3-11-6)7(9)12-13-8/h3-4H,1-2H3,(H2,9,12)(H,10,11).